The Balaban J connectivity index is 2.35. The van der Waals surface area contributed by atoms with Gasteiger partial charge in [-0.25, -0.2) is 0 Å². The van der Waals surface area contributed by atoms with Crippen LogP contribution in [0.25, 0.3) is 0 Å². The smallest absolute Gasteiger partial charge is 0.0373 e. The third kappa shape index (κ3) is 8.58. The molecule has 0 saturated carbocycles. The zero-order valence-electron chi connectivity index (χ0n) is 17.7. The summed E-state index contributed by atoms with van der Waals surface area (Å²) >= 11 is 0. The van der Waals surface area contributed by atoms with E-state index in [1.54, 1.807) is 5.57 Å². The molecule has 0 bridgehead atoms. The molecule has 146 valence electrons. The van der Waals surface area contributed by atoms with Crippen LogP contribution in [0.5, 0.6) is 0 Å². The summed E-state index contributed by atoms with van der Waals surface area (Å²) in [6, 6.07) is 0.661. The third-order valence-electron chi connectivity index (χ3n) is 5.79. The molecular formula is C24H45N. The predicted octanol–water partition coefficient (Wildman–Crippen LogP) is 7.53. The number of nitrogens with zero attached hydrogens (tertiary/aromatic N) is 1. The second-order valence-corrected chi connectivity index (χ2v) is 7.86. The van der Waals surface area contributed by atoms with E-state index < -0.39 is 0 Å². The van der Waals surface area contributed by atoms with Crippen molar-refractivity contribution in [3.05, 3.63) is 23.8 Å². The molecule has 0 fully saturated rings. The Bertz CT molecular complexity index is 368. The Morgan fingerprint density at radius 1 is 0.760 bits per heavy atom. The molecule has 0 amide bonds. The first-order valence-electron chi connectivity index (χ1n) is 11.4. The molecule has 0 unspecified atom stereocenters. The molecule has 0 aromatic heterocycles. The average Bonchev–Trinajstić information content (AvgIpc) is 2.65. The van der Waals surface area contributed by atoms with Crippen LogP contribution in [0.3, 0.4) is 0 Å². The quantitative estimate of drug-likeness (QED) is 0.277. The fraction of sp³-hybridized carbons (Fsp3) is 0.833. The van der Waals surface area contributed by atoms with E-state index in [1.165, 1.54) is 90.1 Å². The van der Waals surface area contributed by atoms with Crippen molar-refractivity contribution in [2.24, 2.45) is 5.92 Å². The monoisotopic (exact) mass is 347 g/mol. The topological polar surface area (TPSA) is 3.24 Å². The Kier molecular flexibility index (Phi) is 13.1. The maximum absolute atomic E-state index is 2.80. The summed E-state index contributed by atoms with van der Waals surface area (Å²) in [7, 11) is 0. The van der Waals surface area contributed by atoms with E-state index in [9.17, 15) is 0 Å². The number of unbranched alkanes of at least 4 members (excludes halogenated alkanes) is 8. The number of hydrogen-bond donors (Lipinski definition) is 0. The normalized spacial score (nSPS) is 20.3. The first kappa shape index (κ1) is 22.5. The molecule has 25 heavy (non-hydrogen) atoms. The second-order valence-electron chi connectivity index (χ2n) is 7.86. The standard InChI is InChI=1S/C24H45N/c1-5-9-10-11-12-13-14-15-16-21-25(20-6-2)24-22(7-3)18-17-19-23(24)8-4/h17-19,22,24H,5-16,20-21H2,1-4H3/t22-,24-/m1/s1. The summed E-state index contributed by atoms with van der Waals surface area (Å²) in [4.78, 5) is 2.80. The van der Waals surface area contributed by atoms with Gasteiger partial charge in [0, 0.05) is 6.04 Å². The van der Waals surface area contributed by atoms with Crippen molar-refractivity contribution in [3.63, 3.8) is 0 Å². The van der Waals surface area contributed by atoms with Crippen LogP contribution >= 0.6 is 0 Å². The lowest BCUT2D eigenvalue weighted by molar-refractivity contribution is 0.175. The SMILES string of the molecule is CCCCCCCCCCCN(CCC)[C@H]1C(CC)=CC=C[C@H]1CC. The molecule has 0 radical (unpaired) electrons. The van der Waals surface area contributed by atoms with E-state index in [-0.39, 0.29) is 0 Å². The van der Waals surface area contributed by atoms with Gasteiger partial charge in [-0.05, 0) is 44.7 Å². The summed E-state index contributed by atoms with van der Waals surface area (Å²) < 4.78 is 0. The zero-order chi connectivity index (χ0) is 18.3. The number of hydrogen-bond acceptors (Lipinski definition) is 1. The van der Waals surface area contributed by atoms with Crippen LogP contribution in [0.4, 0.5) is 0 Å². The lowest BCUT2D eigenvalue weighted by Gasteiger charge is -2.39. The van der Waals surface area contributed by atoms with E-state index in [0.29, 0.717) is 12.0 Å². The summed E-state index contributed by atoms with van der Waals surface area (Å²) in [5.41, 5.74) is 1.65. The van der Waals surface area contributed by atoms with Crippen LogP contribution in [0.2, 0.25) is 0 Å². The van der Waals surface area contributed by atoms with E-state index in [0.717, 1.165) is 0 Å². The molecule has 1 heteroatoms. The zero-order valence-corrected chi connectivity index (χ0v) is 17.7. The maximum Gasteiger partial charge on any atom is 0.0373 e. The van der Waals surface area contributed by atoms with Crippen molar-refractivity contribution in [2.45, 2.75) is 111 Å². The maximum atomic E-state index is 2.80. The molecule has 0 aromatic rings. The van der Waals surface area contributed by atoms with Crippen LogP contribution in [0.15, 0.2) is 23.8 Å². The van der Waals surface area contributed by atoms with Crippen LogP contribution < -0.4 is 0 Å². The third-order valence-corrected chi connectivity index (χ3v) is 5.79. The Morgan fingerprint density at radius 3 is 1.96 bits per heavy atom. The van der Waals surface area contributed by atoms with Gasteiger partial charge in [-0.15, -0.1) is 0 Å². The highest BCUT2D eigenvalue weighted by atomic mass is 15.2. The van der Waals surface area contributed by atoms with Crippen LogP contribution in [0, 0.1) is 5.92 Å². The minimum absolute atomic E-state index is 0.661. The van der Waals surface area contributed by atoms with Gasteiger partial charge in [0.05, 0.1) is 0 Å². The van der Waals surface area contributed by atoms with Gasteiger partial charge in [0.2, 0.25) is 0 Å². The summed E-state index contributed by atoms with van der Waals surface area (Å²) in [5, 5.41) is 0. The lowest BCUT2D eigenvalue weighted by atomic mass is 9.84. The highest BCUT2D eigenvalue weighted by Gasteiger charge is 2.28. The predicted molar refractivity (Wildman–Crippen MR) is 114 cm³/mol. The summed E-state index contributed by atoms with van der Waals surface area (Å²) in [6.45, 7) is 11.8. The van der Waals surface area contributed by atoms with Crippen molar-refractivity contribution in [1.29, 1.82) is 0 Å². The molecule has 1 nitrogen and oxygen atoms in total. The Labute approximate surface area is 159 Å². The van der Waals surface area contributed by atoms with Gasteiger partial charge < -0.3 is 0 Å². The van der Waals surface area contributed by atoms with Crippen LogP contribution in [-0.4, -0.2) is 24.0 Å². The lowest BCUT2D eigenvalue weighted by Crippen LogP contribution is -2.43. The molecule has 0 heterocycles. The minimum Gasteiger partial charge on any atom is -0.296 e. The highest BCUT2D eigenvalue weighted by molar-refractivity contribution is 5.26. The van der Waals surface area contributed by atoms with Crippen LogP contribution in [-0.2, 0) is 0 Å². The van der Waals surface area contributed by atoms with E-state index in [2.05, 4.69) is 50.8 Å². The number of rotatable bonds is 15. The van der Waals surface area contributed by atoms with Crippen molar-refractivity contribution < 1.29 is 0 Å². The van der Waals surface area contributed by atoms with Gasteiger partial charge >= 0.3 is 0 Å². The van der Waals surface area contributed by atoms with Gasteiger partial charge in [0.1, 0.15) is 0 Å². The van der Waals surface area contributed by atoms with E-state index >= 15 is 0 Å². The molecule has 2 atom stereocenters. The molecule has 0 spiro atoms. The first-order chi connectivity index (χ1) is 12.3. The van der Waals surface area contributed by atoms with Crippen molar-refractivity contribution in [1.82, 2.24) is 4.90 Å². The molecule has 1 aliphatic carbocycles. The van der Waals surface area contributed by atoms with Crippen molar-refractivity contribution in [2.75, 3.05) is 13.1 Å². The molecule has 1 aliphatic rings. The van der Waals surface area contributed by atoms with Gasteiger partial charge in [0.15, 0.2) is 0 Å². The second kappa shape index (κ2) is 14.6. The molecular weight excluding hydrogens is 302 g/mol. The molecule has 0 aromatic carbocycles. The summed E-state index contributed by atoms with van der Waals surface area (Å²) in [5.74, 6) is 0.713. The average molecular weight is 348 g/mol. The Morgan fingerprint density at radius 2 is 1.40 bits per heavy atom. The van der Waals surface area contributed by atoms with E-state index in [1.807, 2.05) is 0 Å². The van der Waals surface area contributed by atoms with Gasteiger partial charge in [-0.3, -0.25) is 4.90 Å². The Hall–Kier alpha value is -0.560. The molecule has 0 N–H and O–H groups in total. The fourth-order valence-electron chi connectivity index (χ4n) is 4.30. The van der Waals surface area contributed by atoms with Crippen molar-refractivity contribution >= 4 is 0 Å². The number of allylic oxidation sites excluding steroid dienone is 2. The van der Waals surface area contributed by atoms with Crippen molar-refractivity contribution in [3.8, 4) is 0 Å². The molecule has 0 saturated heterocycles. The summed E-state index contributed by atoms with van der Waals surface area (Å²) in [6.07, 6.45) is 23.7. The fourth-order valence-corrected chi connectivity index (χ4v) is 4.30. The van der Waals surface area contributed by atoms with Gasteiger partial charge in [-0.2, -0.15) is 0 Å². The van der Waals surface area contributed by atoms with Gasteiger partial charge in [-0.1, -0.05) is 103 Å². The molecule has 0 aliphatic heterocycles. The first-order valence-corrected chi connectivity index (χ1v) is 11.4. The van der Waals surface area contributed by atoms with Crippen LogP contribution in [0.1, 0.15) is 105 Å². The largest absolute Gasteiger partial charge is 0.296 e. The highest BCUT2D eigenvalue weighted by Crippen LogP contribution is 2.29. The minimum atomic E-state index is 0.661. The van der Waals surface area contributed by atoms with Gasteiger partial charge in [0.25, 0.3) is 0 Å². The van der Waals surface area contributed by atoms with E-state index in [4.69, 9.17) is 0 Å². The molecule has 1 rings (SSSR count).